The fourth-order valence-corrected chi connectivity index (χ4v) is 4.06. The molecule has 1 N–H and O–H groups in total. The van der Waals surface area contributed by atoms with Gasteiger partial charge in [-0.15, -0.1) is 0 Å². The Morgan fingerprint density at radius 1 is 1.15 bits per heavy atom. The molecule has 1 saturated heterocycles. The molecule has 2 aromatic carbocycles. The quantitative estimate of drug-likeness (QED) is 0.432. The van der Waals surface area contributed by atoms with E-state index in [9.17, 15) is 14.9 Å². The van der Waals surface area contributed by atoms with Crippen LogP contribution in [0.1, 0.15) is 29.5 Å². The van der Waals surface area contributed by atoms with E-state index in [4.69, 9.17) is 9.47 Å². The Kier molecular flexibility index (Phi) is 8.12. The Morgan fingerprint density at radius 2 is 1.85 bits per heavy atom. The predicted molar refractivity (Wildman–Crippen MR) is 130 cm³/mol. The number of hydrogen-bond donors (Lipinski definition) is 1. The zero-order chi connectivity index (χ0) is 24.0. The van der Waals surface area contributed by atoms with Gasteiger partial charge in [0.1, 0.15) is 11.6 Å². The molecule has 2 amide bonds. The highest BCUT2D eigenvalue weighted by Crippen LogP contribution is 2.30. The Balaban J connectivity index is 1.68. The summed E-state index contributed by atoms with van der Waals surface area (Å²) in [5.41, 5.74) is 3.57. The van der Waals surface area contributed by atoms with Crippen molar-refractivity contribution in [3.63, 3.8) is 0 Å². The van der Waals surface area contributed by atoms with Gasteiger partial charge in [0.05, 0.1) is 12.8 Å². The largest absolute Gasteiger partial charge is 0.493 e. The van der Waals surface area contributed by atoms with E-state index in [0.717, 1.165) is 28.4 Å². The topological polar surface area (TPSA) is 91.7 Å². The summed E-state index contributed by atoms with van der Waals surface area (Å²) in [6.45, 7) is 5.12. The summed E-state index contributed by atoms with van der Waals surface area (Å²) in [5, 5.41) is 12.3. The molecule has 1 aliphatic heterocycles. The third-order valence-electron chi connectivity index (χ3n) is 5.46. The van der Waals surface area contributed by atoms with Crippen LogP contribution < -0.4 is 14.8 Å². The molecule has 8 heteroatoms. The maximum absolute atomic E-state index is 12.5. The van der Waals surface area contributed by atoms with Crippen LogP contribution in [0.25, 0.3) is 6.08 Å². The van der Waals surface area contributed by atoms with E-state index in [1.54, 1.807) is 23.1 Å². The Morgan fingerprint density at radius 3 is 2.52 bits per heavy atom. The third kappa shape index (κ3) is 6.14. The van der Waals surface area contributed by atoms with Gasteiger partial charge in [-0.2, -0.15) is 5.26 Å². The van der Waals surface area contributed by atoms with Gasteiger partial charge in [0.25, 0.3) is 11.8 Å². The van der Waals surface area contributed by atoms with Crippen molar-refractivity contribution < 1.29 is 19.1 Å². The van der Waals surface area contributed by atoms with Gasteiger partial charge < -0.3 is 19.7 Å². The number of ether oxygens (including phenoxy) is 2. The molecular weight excluding hydrogens is 486 g/mol. The van der Waals surface area contributed by atoms with E-state index < -0.39 is 0 Å². The molecule has 2 aromatic rings. The maximum Gasteiger partial charge on any atom is 0.264 e. The molecule has 7 nitrogen and oxygen atoms in total. The first-order valence-corrected chi connectivity index (χ1v) is 11.4. The van der Waals surface area contributed by atoms with Crippen molar-refractivity contribution in [2.45, 2.75) is 26.7 Å². The van der Waals surface area contributed by atoms with Crippen LogP contribution in [-0.4, -0.2) is 43.5 Å². The number of likely N-dealkylation sites (tertiary alicyclic amines) is 1. The van der Waals surface area contributed by atoms with Gasteiger partial charge in [-0.1, -0.05) is 6.07 Å². The number of carbonyl (C=O) groups excluding carboxylic acids is 2. The van der Waals surface area contributed by atoms with Crippen molar-refractivity contribution in [1.29, 1.82) is 5.26 Å². The van der Waals surface area contributed by atoms with E-state index in [-0.39, 0.29) is 24.0 Å². The van der Waals surface area contributed by atoms with Crippen molar-refractivity contribution >= 4 is 39.5 Å². The number of halogens is 1. The van der Waals surface area contributed by atoms with Crippen LogP contribution in [0.5, 0.6) is 11.5 Å². The highest BCUT2D eigenvalue weighted by Gasteiger charge is 2.21. The standard InChI is InChI=1S/C25H26BrN3O4/c1-16-10-20(26)21(11-17(16)2)28-24(30)15-33-22-7-6-18(13-23(22)32-3)12-19(14-27)25(31)29-8-4-5-9-29/h6-7,10-13H,4-5,8-9,15H2,1-3H3,(H,28,30)/b19-12+. The van der Waals surface area contributed by atoms with Crippen LogP contribution in [0.3, 0.4) is 0 Å². The second kappa shape index (κ2) is 11.0. The minimum Gasteiger partial charge on any atom is -0.493 e. The molecule has 1 fully saturated rings. The highest BCUT2D eigenvalue weighted by atomic mass is 79.9. The number of nitriles is 1. The molecule has 0 aromatic heterocycles. The monoisotopic (exact) mass is 511 g/mol. The molecule has 3 rings (SSSR count). The second-order valence-electron chi connectivity index (χ2n) is 7.83. The number of nitrogens with zero attached hydrogens (tertiary/aromatic N) is 2. The first-order chi connectivity index (χ1) is 15.8. The molecule has 1 heterocycles. The molecule has 0 spiro atoms. The van der Waals surface area contributed by atoms with Crippen molar-refractivity contribution in [2.24, 2.45) is 0 Å². The summed E-state index contributed by atoms with van der Waals surface area (Å²) in [7, 11) is 1.49. The lowest BCUT2D eigenvalue weighted by molar-refractivity contribution is -0.125. The van der Waals surface area contributed by atoms with Crippen molar-refractivity contribution in [2.75, 3.05) is 32.1 Å². The fraction of sp³-hybridized carbons (Fsp3) is 0.320. The number of methoxy groups -OCH3 is 1. The number of carbonyl (C=O) groups is 2. The van der Waals surface area contributed by atoms with Gasteiger partial charge in [-0.3, -0.25) is 9.59 Å². The molecule has 0 unspecified atom stereocenters. The van der Waals surface area contributed by atoms with Gasteiger partial charge in [-0.25, -0.2) is 0 Å². The van der Waals surface area contributed by atoms with E-state index in [1.807, 2.05) is 32.0 Å². The smallest absolute Gasteiger partial charge is 0.264 e. The van der Waals surface area contributed by atoms with E-state index >= 15 is 0 Å². The number of nitrogens with one attached hydrogen (secondary N) is 1. The number of amides is 2. The van der Waals surface area contributed by atoms with E-state index in [0.29, 0.717) is 35.8 Å². The average molecular weight is 512 g/mol. The minimum absolute atomic E-state index is 0.0750. The van der Waals surface area contributed by atoms with Gasteiger partial charge >= 0.3 is 0 Å². The number of rotatable bonds is 7. The molecular formula is C25H26BrN3O4. The Bertz CT molecular complexity index is 1130. The van der Waals surface area contributed by atoms with E-state index in [1.165, 1.54) is 13.2 Å². The average Bonchev–Trinajstić information content (AvgIpc) is 3.34. The molecule has 0 atom stereocenters. The summed E-state index contributed by atoms with van der Waals surface area (Å²) in [4.78, 5) is 26.6. The summed E-state index contributed by atoms with van der Waals surface area (Å²) in [6.07, 6.45) is 3.45. The lowest BCUT2D eigenvalue weighted by Gasteiger charge is -2.15. The molecule has 33 heavy (non-hydrogen) atoms. The minimum atomic E-state index is -0.312. The third-order valence-corrected chi connectivity index (χ3v) is 6.12. The second-order valence-corrected chi connectivity index (χ2v) is 8.69. The molecule has 0 radical (unpaired) electrons. The van der Waals surface area contributed by atoms with Crippen LogP contribution in [0.2, 0.25) is 0 Å². The van der Waals surface area contributed by atoms with Gasteiger partial charge in [0.2, 0.25) is 0 Å². The number of benzene rings is 2. The lowest BCUT2D eigenvalue weighted by Crippen LogP contribution is -2.28. The summed E-state index contributed by atoms with van der Waals surface area (Å²) < 4.78 is 11.8. The summed E-state index contributed by atoms with van der Waals surface area (Å²) in [6, 6.07) is 10.9. The van der Waals surface area contributed by atoms with Crippen molar-refractivity contribution in [3.05, 3.63) is 57.1 Å². The number of aryl methyl sites for hydroxylation is 2. The zero-order valence-corrected chi connectivity index (χ0v) is 20.5. The Hall–Kier alpha value is -3.31. The van der Waals surface area contributed by atoms with Gasteiger partial charge in [-0.05, 0) is 89.7 Å². The maximum atomic E-state index is 12.5. The number of hydrogen-bond acceptors (Lipinski definition) is 5. The van der Waals surface area contributed by atoms with Crippen molar-refractivity contribution in [3.8, 4) is 17.6 Å². The molecule has 0 bridgehead atoms. The predicted octanol–water partition coefficient (Wildman–Crippen LogP) is 4.62. The van der Waals surface area contributed by atoms with Crippen LogP contribution in [0.4, 0.5) is 5.69 Å². The normalized spacial score (nSPS) is 13.4. The van der Waals surface area contributed by atoms with E-state index in [2.05, 4.69) is 21.2 Å². The van der Waals surface area contributed by atoms with Gasteiger partial charge in [0, 0.05) is 17.6 Å². The van der Waals surface area contributed by atoms with Crippen LogP contribution >= 0.6 is 15.9 Å². The Labute approximate surface area is 202 Å². The van der Waals surface area contributed by atoms with Crippen molar-refractivity contribution in [1.82, 2.24) is 4.90 Å². The molecule has 0 aliphatic carbocycles. The first-order valence-electron chi connectivity index (χ1n) is 10.6. The summed E-state index contributed by atoms with van der Waals surface area (Å²) >= 11 is 3.46. The van der Waals surface area contributed by atoms with Crippen LogP contribution in [0.15, 0.2) is 40.4 Å². The van der Waals surface area contributed by atoms with Crippen LogP contribution in [-0.2, 0) is 9.59 Å². The molecule has 1 aliphatic rings. The molecule has 0 saturated carbocycles. The fourth-order valence-electron chi connectivity index (χ4n) is 3.50. The highest BCUT2D eigenvalue weighted by molar-refractivity contribution is 9.10. The first kappa shape index (κ1) is 24.3. The number of anilines is 1. The van der Waals surface area contributed by atoms with Crippen LogP contribution in [0, 0.1) is 25.2 Å². The van der Waals surface area contributed by atoms with Gasteiger partial charge in [0.15, 0.2) is 18.1 Å². The zero-order valence-electron chi connectivity index (χ0n) is 18.9. The SMILES string of the molecule is COc1cc(/C=C(\C#N)C(=O)N2CCCC2)ccc1OCC(=O)Nc1cc(C)c(C)cc1Br. The lowest BCUT2D eigenvalue weighted by atomic mass is 10.1. The summed E-state index contributed by atoms with van der Waals surface area (Å²) in [5.74, 6) is 0.208. The molecule has 172 valence electrons.